The number of piperidine rings is 1. The summed E-state index contributed by atoms with van der Waals surface area (Å²) in [5, 5.41) is 10.8. The van der Waals surface area contributed by atoms with Crippen molar-refractivity contribution < 1.29 is 33.4 Å². The molecule has 6 heterocycles. The number of esters is 1. The summed E-state index contributed by atoms with van der Waals surface area (Å²) >= 11 is 0. The molecule has 0 aliphatic carbocycles. The predicted molar refractivity (Wildman–Crippen MR) is 326 cm³/mol. The highest BCUT2D eigenvalue weighted by molar-refractivity contribution is 7.60. The molecule has 5 atom stereocenters. The first-order valence-corrected chi connectivity index (χ1v) is 25.7. The molecule has 0 saturated carbocycles. The van der Waals surface area contributed by atoms with Crippen LogP contribution in [0.25, 0.3) is 33.3 Å². The number of carbonyl (C=O) groups excluding carboxylic acids is 5. The average molecular weight is 1140 g/mol. The standard InChI is InChI=1S/C55H75N9O7.5H2S/c1-11-47(65)61-26-20-39(32-61)52(67)60(9)48(34(3)4)51(66)57-45-28-36-15-13-16-37(27-36)38-18-19-46-41(29-38)42(30-55(6,7)33-71-54(69)44-17-14-23-63(58-44)53(45)68)50(62(46)12-2)43-31-56-64(49(43)35(5)70-10)40-21-24-59(8)25-22-40;;;;;/h11,13,15-16,18-19,27,29,31,34-35,39-40,44-45,48,58H,1,12,14,17,20-26,28,30,32-33H2,2-10H3,(H,57,66);5*1H2/t35-,39-,44-,45-,48-;;;;;/m0...../s1. The molecule has 0 radical (unpaired) electrons. The van der Waals surface area contributed by atoms with Gasteiger partial charge in [0.25, 0.3) is 5.91 Å². The van der Waals surface area contributed by atoms with Crippen LogP contribution in [0.15, 0.2) is 61.3 Å². The van der Waals surface area contributed by atoms with Gasteiger partial charge < -0.3 is 34.1 Å². The second-order valence-corrected chi connectivity index (χ2v) is 21.4. The van der Waals surface area contributed by atoms with Gasteiger partial charge in [-0.2, -0.15) is 72.6 Å². The lowest BCUT2D eigenvalue weighted by atomic mass is 9.84. The Morgan fingerprint density at radius 2 is 1.67 bits per heavy atom. The molecule has 4 aromatic rings. The number of nitrogens with one attached hydrogen (secondary N) is 2. The number of benzene rings is 2. The van der Waals surface area contributed by atoms with E-state index in [1.807, 2.05) is 32.2 Å². The Morgan fingerprint density at radius 3 is 2.33 bits per heavy atom. The van der Waals surface area contributed by atoms with Crippen molar-refractivity contribution in [2.45, 2.75) is 123 Å². The molecule has 2 N–H and O–H groups in total. The largest absolute Gasteiger partial charge is 0.464 e. The number of likely N-dealkylation sites (tertiary alicyclic amines) is 2. The zero-order valence-electron chi connectivity index (χ0n) is 45.8. The Balaban J connectivity index is 0.00000304. The van der Waals surface area contributed by atoms with Crippen LogP contribution >= 0.6 is 67.5 Å². The lowest BCUT2D eigenvalue weighted by molar-refractivity contribution is -0.155. The molecule has 8 rings (SSSR count). The van der Waals surface area contributed by atoms with Crippen LogP contribution in [0, 0.1) is 17.3 Å². The van der Waals surface area contributed by atoms with Crippen LogP contribution in [0.1, 0.15) is 103 Å². The number of ether oxygens (including phenoxy) is 2. The van der Waals surface area contributed by atoms with Crippen LogP contribution in [0.4, 0.5) is 0 Å². The number of likely N-dealkylation sites (N-methyl/N-ethyl adjacent to an activating group) is 1. The van der Waals surface area contributed by atoms with Gasteiger partial charge in [0.1, 0.15) is 18.1 Å². The highest BCUT2D eigenvalue weighted by Gasteiger charge is 2.40. The molecule has 3 saturated heterocycles. The number of amides is 4. The lowest BCUT2D eigenvalue weighted by Gasteiger charge is -2.37. The number of hydrazine groups is 1. The van der Waals surface area contributed by atoms with Gasteiger partial charge in [-0.3, -0.25) is 33.7 Å². The average Bonchev–Trinajstić information content (AvgIpc) is 4.11. The van der Waals surface area contributed by atoms with Crippen molar-refractivity contribution in [2.24, 2.45) is 17.3 Å². The first kappa shape index (κ1) is 66.2. The Kier molecular flexibility index (Phi) is 24.5. The summed E-state index contributed by atoms with van der Waals surface area (Å²) in [6, 6.07) is 12.2. The second kappa shape index (κ2) is 28.2. The van der Waals surface area contributed by atoms with Gasteiger partial charge in [0.2, 0.25) is 17.7 Å². The van der Waals surface area contributed by atoms with Gasteiger partial charge >= 0.3 is 5.97 Å². The fraction of sp³-hybridized carbons (Fsp3) is 0.564. The highest BCUT2D eigenvalue weighted by atomic mass is 32.1. The van der Waals surface area contributed by atoms with E-state index in [-0.39, 0.29) is 117 Å². The van der Waals surface area contributed by atoms with E-state index in [0.717, 1.165) is 76.0 Å². The number of hydrogen-bond acceptors (Lipinski definition) is 10. The van der Waals surface area contributed by atoms with Crippen LogP contribution < -0.4 is 10.7 Å². The molecule has 0 unspecified atom stereocenters. The molecule has 4 aliphatic heterocycles. The SMILES string of the molecule is C=CC(=O)N1CC[C@H](C(=O)N(C)[C@H](C(=O)N[C@H]2Cc3cccc(c3)-c3ccc4c(c3)c(c(-c3cnn(C5CCN(C)CC5)c3[C@H](C)OC)n4CC)CC(C)(C)COC(=O)[C@@H]3CCCN(N3)C2=O)C(C)C)C1.S.S.S.S.S. The molecule has 2 aromatic heterocycles. The highest BCUT2D eigenvalue weighted by Crippen LogP contribution is 2.43. The van der Waals surface area contributed by atoms with Crippen molar-refractivity contribution in [3.05, 3.63) is 78.1 Å². The molecular formula is C55H85N9O7S5. The van der Waals surface area contributed by atoms with Gasteiger partial charge in [-0.25, -0.2) is 5.43 Å². The maximum Gasteiger partial charge on any atom is 0.324 e. The van der Waals surface area contributed by atoms with Crippen LogP contribution in [0.5, 0.6) is 0 Å². The normalized spacial score (nSPS) is 20.8. The van der Waals surface area contributed by atoms with Gasteiger partial charge in [0, 0.05) is 68.6 Å². The first-order chi connectivity index (χ1) is 33.9. The molecule has 0 spiro atoms. The summed E-state index contributed by atoms with van der Waals surface area (Å²) in [5.41, 5.74) is 10.8. The molecule has 4 amide bonds. The van der Waals surface area contributed by atoms with Crippen molar-refractivity contribution in [3.63, 3.8) is 0 Å². The number of methoxy groups -OCH3 is 1. The topological polar surface area (TPSA) is 164 Å². The van der Waals surface area contributed by atoms with Gasteiger partial charge in [0.05, 0.1) is 42.3 Å². The third-order valence-corrected chi connectivity index (χ3v) is 15.3. The third-order valence-electron chi connectivity index (χ3n) is 15.3. The quantitative estimate of drug-likeness (QED) is 0.119. The first-order valence-electron chi connectivity index (χ1n) is 25.7. The number of fused-ring (bicyclic) bond motifs is 6. The summed E-state index contributed by atoms with van der Waals surface area (Å²) in [7, 11) is 5.54. The minimum absolute atomic E-state index is 0. The Hall–Kier alpha value is -4.09. The third kappa shape index (κ3) is 14.0. The van der Waals surface area contributed by atoms with Gasteiger partial charge in [-0.15, -0.1) is 0 Å². The maximum absolute atomic E-state index is 14.8. The van der Waals surface area contributed by atoms with E-state index >= 15 is 0 Å². The summed E-state index contributed by atoms with van der Waals surface area (Å²) in [4.78, 5) is 75.2. The number of aryl methyl sites for hydroxylation is 1. The second-order valence-electron chi connectivity index (χ2n) is 21.4. The molecule has 422 valence electrons. The summed E-state index contributed by atoms with van der Waals surface area (Å²) in [6.07, 6.45) is 7.28. The van der Waals surface area contributed by atoms with Crippen molar-refractivity contribution in [1.82, 2.24) is 44.8 Å². The number of nitrogens with zero attached hydrogens (tertiary/aromatic N) is 7. The summed E-state index contributed by atoms with van der Waals surface area (Å²) in [5.74, 6) is -2.55. The van der Waals surface area contributed by atoms with Crippen molar-refractivity contribution in [2.75, 3.05) is 60.5 Å². The van der Waals surface area contributed by atoms with E-state index in [1.54, 1.807) is 19.1 Å². The van der Waals surface area contributed by atoms with E-state index in [9.17, 15) is 24.0 Å². The van der Waals surface area contributed by atoms with Crippen LogP contribution in [0.3, 0.4) is 0 Å². The van der Waals surface area contributed by atoms with E-state index in [2.05, 4.69) is 96.5 Å². The van der Waals surface area contributed by atoms with Crippen LogP contribution in [-0.4, -0.2) is 142 Å². The van der Waals surface area contributed by atoms with Crippen molar-refractivity contribution >= 4 is 108 Å². The number of carbonyl (C=O) groups is 5. The Labute approximate surface area is 485 Å². The molecular weight excluding hydrogens is 1060 g/mol. The number of rotatable bonds is 11. The van der Waals surface area contributed by atoms with Crippen LogP contribution in [0.2, 0.25) is 0 Å². The Morgan fingerprint density at radius 1 is 0.974 bits per heavy atom. The van der Waals surface area contributed by atoms with Crippen molar-refractivity contribution in [1.29, 1.82) is 0 Å². The fourth-order valence-electron chi connectivity index (χ4n) is 11.4. The molecule has 6 bridgehead atoms. The molecule has 76 heavy (non-hydrogen) atoms. The van der Waals surface area contributed by atoms with E-state index in [1.165, 1.54) is 16.0 Å². The zero-order valence-corrected chi connectivity index (χ0v) is 50.8. The minimum Gasteiger partial charge on any atom is -0.464 e. The lowest BCUT2D eigenvalue weighted by Crippen LogP contribution is -2.62. The van der Waals surface area contributed by atoms with E-state index < -0.39 is 47.2 Å². The number of hydrogen-bond donors (Lipinski definition) is 2. The van der Waals surface area contributed by atoms with Gasteiger partial charge in [-0.05, 0) is 119 Å². The van der Waals surface area contributed by atoms with E-state index in [0.29, 0.717) is 45.3 Å². The number of cyclic esters (lactones) is 1. The molecule has 2 aromatic carbocycles. The zero-order chi connectivity index (χ0) is 50.9. The molecule has 16 nitrogen and oxygen atoms in total. The predicted octanol–water partition coefficient (Wildman–Crippen LogP) is 6.90. The van der Waals surface area contributed by atoms with Crippen LogP contribution in [-0.2, 0) is 52.8 Å². The monoisotopic (exact) mass is 1140 g/mol. The molecule has 3 fully saturated rings. The van der Waals surface area contributed by atoms with Gasteiger partial charge in [-0.1, -0.05) is 64.6 Å². The van der Waals surface area contributed by atoms with Gasteiger partial charge in [0.15, 0.2) is 0 Å². The maximum atomic E-state index is 14.8. The fourth-order valence-corrected chi connectivity index (χ4v) is 11.4. The molecule has 21 heteroatoms. The van der Waals surface area contributed by atoms with Crippen molar-refractivity contribution in [3.8, 4) is 22.4 Å². The Bertz CT molecular complexity index is 2670. The van der Waals surface area contributed by atoms with E-state index in [4.69, 9.17) is 14.6 Å². The smallest absolute Gasteiger partial charge is 0.324 e. The number of aromatic nitrogens is 3. The summed E-state index contributed by atoms with van der Waals surface area (Å²) < 4.78 is 16.9. The minimum atomic E-state index is -1.05. The summed E-state index contributed by atoms with van der Waals surface area (Å²) in [6.45, 7) is 19.7. The molecule has 4 aliphatic rings.